The van der Waals surface area contributed by atoms with Crippen molar-refractivity contribution in [2.75, 3.05) is 19.7 Å². The predicted octanol–water partition coefficient (Wildman–Crippen LogP) is 2.19. The molecule has 0 N–H and O–H groups in total. The molecule has 4 heteroatoms. The van der Waals surface area contributed by atoms with Crippen LogP contribution in [0.4, 0.5) is 0 Å². The van der Waals surface area contributed by atoms with Crippen LogP contribution in [-0.2, 0) is 4.74 Å². The maximum Gasteiger partial charge on any atom is 0.202 e. The summed E-state index contributed by atoms with van der Waals surface area (Å²) in [5.41, 5.74) is 0. The Balaban J connectivity index is 2.69. The molecule has 0 radical (unpaired) electrons. The molecule has 1 saturated heterocycles. The van der Waals surface area contributed by atoms with Gasteiger partial charge in [-0.15, -0.1) is 0 Å². The third-order valence-corrected chi connectivity index (χ3v) is 3.24. The molecule has 0 aromatic carbocycles. The smallest absolute Gasteiger partial charge is 0.202 e. The molecule has 0 saturated carbocycles. The summed E-state index contributed by atoms with van der Waals surface area (Å²) in [6, 6.07) is 1.65. The van der Waals surface area contributed by atoms with Crippen LogP contribution in [0.3, 0.4) is 0 Å². The van der Waals surface area contributed by atoms with Gasteiger partial charge in [0.15, 0.2) is 0 Å². The van der Waals surface area contributed by atoms with E-state index in [2.05, 4.69) is 13.0 Å². The van der Waals surface area contributed by atoms with Crippen molar-refractivity contribution in [1.29, 1.82) is 5.26 Å². The molecule has 1 rings (SSSR count). The van der Waals surface area contributed by atoms with E-state index >= 15 is 0 Å². The summed E-state index contributed by atoms with van der Waals surface area (Å²) in [5.74, 6) is 0. The van der Waals surface area contributed by atoms with Gasteiger partial charge in [0, 0.05) is 0 Å². The highest BCUT2D eigenvalue weighted by Gasteiger charge is 2.39. The van der Waals surface area contributed by atoms with E-state index in [1.54, 1.807) is 0 Å². The SMILES string of the molecule is CCCCC1OCC[N+]([O-])(CCC)C1C#N. The minimum atomic E-state index is -0.528. The topological polar surface area (TPSA) is 56.1 Å². The highest BCUT2D eigenvalue weighted by atomic mass is 16.6. The van der Waals surface area contributed by atoms with Gasteiger partial charge in [0.2, 0.25) is 6.04 Å². The second kappa shape index (κ2) is 6.19. The van der Waals surface area contributed by atoms with Gasteiger partial charge >= 0.3 is 0 Å². The molecule has 3 atom stereocenters. The Kier molecular flexibility index (Phi) is 5.20. The highest BCUT2D eigenvalue weighted by Crippen LogP contribution is 2.25. The van der Waals surface area contributed by atoms with E-state index in [-0.39, 0.29) is 10.8 Å². The molecule has 1 fully saturated rings. The zero-order valence-electron chi connectivity index (χ0n) is 10.3. The van der Waals surface area contributed by atoms with Crippen LogP contribution in [-0.4, -0.2) is 36.5 Å². The molecule has 1 aliphatic rings. The molecule has 0 aromatic heterocycles. The summed E-state index contributed by atoms with van der Waals surface area (Å²) in [4.78, 5) is 0. The lowest BCUT2D eigenvalue weighted by Gasteiger charge is -2.51. The predicted molar refractivity (Wildman–Crippen MR) is 62.3 cm³/mol. The molecule has 0 amide bonds. The number of hydroxylamine groups is 3. The standard InChI is InChI=1S/C12H22N2O2/c1-3-5-6-12-11(10-13)14(15,7-4-2)8-9-16-12/h11-12H,3-9H2,1-2H3. The molecular weight excluding hydrogens is 204 g/mol. The first-order chi connectivity index (χ1) is 7.68. The Morgan fingerprint density at radius 3 is 2.75 bits per heavy atom. The van der Waals surface area contributed by atoms with Crippen LogP contribution >= 0.6 is 0 Å². The summed E-state index contributed by atoms with van der Waals surface area (Å²) >= 11 is 0. The van der Waals surface area contributed by atoms with E-state index in [1.165, 1.54) is 0 Å². The highest BCUT2D eigenvalue weighted by molar-refractivity contribution is 4.93. The van der Waals surface area contributed by atoms with Gasteiger partial charge in [-0.05, 0) is 12.8 Å². The molecule has 0 aliphatic carbocycles. The molecule has 0 spiro atoms. The number of nitriles is 1. The summed E-state index contributed by atoms with van der Waals surface area (Å²) in [6.07, 6.45) is 3.59. The van der Waals surface area contributed by atoms with Crippen molar-refractivity contribution in [3.63, 3.8) is 0 Å². The molecule has 92 valence electrons. The van der Waals surface area contributed by atoms with Crippen LogP contribution < -0.4 is 0 Å². The van der Waals surface area contributed by atoms with Crippen LogP contribution in [0.15, 0.2) is 0 Å². The minimum absolute atomic E-state index is 0.164. The first-order valence-corrected chi connectivity index (χ1v) is 6.27. The molecule has 0 bridgehead atoms. The number of quaternary nitrogens is 1. The summed E-state index contributed by atoms with van der Waals surface area (Å²) in [6.45, 7) is 5.55. The average Bonchev–Trinajstić information content (AvgIpc) is 2.26. The van der Waals surface area contributed by atoms with Gasteiger partial charge in [0.25, 0.3) is 0 Å². The van der Waals surface area contributed by atoms with E-state index in [0.29, 0.717) is 19.7 Å². The van der Waals surface area contributed by atoms with Gasteiger partial charge in [-0.1, -0.05) is 26.7 Å². The summed E-state index contributed by atoms with van der Waals surface area (Å²) in [7, 11) is 0. The van der Waals surface area contributed by atoms with Crippen molar-refractivity contribution < 1.29 is 9.38 Å². The zero-order valence-corrected chi connectivity index (χ0v) is 10.3. The van der Waals surface area contributed by atoms with Crippen molar-refractivity contribution in [3.05, 3.63) is 5.21 Å². The lowest BCUT2D eigenvalue weighted by molar-refractivity contribution is -0.909. The van der Waals surface area contributed by atoms with E-state index in [1.807, 2.05) is 6.92 Å². The fourth-order valence-electron chi connectivity index (χ4n) is 2.36. The molecule has 4 nitrogen and oxygen atoms in total. The average molecular weight is 226 g/mol. The number of morpholine rings is 1. The number of hydrogen-bond acceptors (Lipinski definition) is 3. The largest absolute Gasteiger partial charge is 0.632 e. The van der Waals surface area contributed by atoms with Gasteiger partial charge in [-0.2, -0.15) is 5.26 Å². The van der Waals surface area contributed by atoms with E-state index in [4.69, 9.17) is 4.74 Å². The van der Waals surface area contributed by atoms with Crippen molar-refractivity contribution in [1.82, 2.24) is 0 Å². The molecule has 0 aromatic rings. The lowest BCUT2D eigenvalue weighted by atomic mass is 10.0. The van der Waals surface area contributed by atoms with Gasteiger partial charge in [0.05, 0.1) is 13.2 Å². The fourth-order valence-corrected chi connectivity index (χ4v) is 2.36. The molecular formula is C12H22N2O2. The number of rotatable bonds is 5. The van der Waals surface area contributed by atoms with Gasteiger partial charge in [-0.25, -0.2) is 0 Å². The van der Waals surface area contributed by atoms with Gasteiger partial charge in [0.1, 0.15) is 18.7 Å². The van der Waals surface area contributed by atoms with E-state index < -0.39 is 6.04 Å². The normalized spacial score (nSPS) is 34.6. The fraction of sp³-hybridized carbons (Fsp3) is 0.917. The van der Waals surface area contributed by atoms with Crippen molar-refractivity contribution in [2.24, 2.45) is 0 Å². The van der Waals surface area contributed by atoms with E-state index in [9.17, 15) is 10.5 Å². The van der Waals surface area contributed by atoms with E-state index in [0.717, 1.165) is 25.7 Å². The molecule has 1 heterocycles. The Hall–Kier alpha value is -0.630. The van der Waals surface area contributed by atoms with Gasteiger partial charge in [-0.3, -0.25) is 0 Å². The number of hydrogen-bond donors (Lipinski definition) is 0. The maximum atomic E-state index is 12.5. The van der Waals surface area contributed by atoms with Crippen LogP contribution in [0.5, 0.6) is 0 Å². The molecule has 3 unspecified atom stereocenters. The summed E-state index contributed by atoms with van der Waals surface area (Å²) < 4.78 is 5.21. The quantitative estimate of drug-likeness (QED) is 0.533. The first kappa shape index (κ1) is 13.4. The molecule has 1 aliphatic heterocycles. The Morgan fingerprint density at radius 2 is 2.19 bits per heavy atom. The summed E-state index contributed by atoms with van der Waals surface area (Å²) in [5, 5.41) is 21.7. The second-order valence-electron chi connectivity index (χ2n) is 4.52. The van der Waals surface area contributed by atoms with Crippen molar-refractivity contribution >= 4 is 0 Å². The number of unbranched alkanes of at least 4 members (excludes halogenated alkanes) is 1. The third kappa shape index (κ3) is 2.94. The Bertz CT molecular complexity index is 248. The Labute approximate surface area is 98.0 Å². The maximum absolute atomic E-state index is 12.5. The van der Waals surface area contributed by atoms with Crippen molar-refractivity contribution in [2.45, 2.75) is 51.7 Å². The van der Waals surface area contributed by atoms with Crippen LogP contribution in [0.2, 0.25) is 0 Å². The third-order valence-electron chi connectivity index (χ3n) is 3.24. The number of nitrogens with zero attached hydrogens (tertiary/aromatic N) is 2. The lowest BCUT2D eigenvalue weighted by Crippen LogP contribution is -2.61. The van der Waals surface area contributed by atoms with Crippen LogP contribution in [0, 0.1) is 16.5 Å². The number of ether oxygens (including phenoxy) is 1. The zero-order chi connectivity index (χ0) is 12.0. The van der Waals surface area contributed by atoms with Crippen LogP contribution in [0.1, 0.15) is 39.5 Å². The van der Waals surface area contributed by atoms with Crippen LogP contribution in [0.25, 0.3) is 0 Å². The minimum Gasteiger partial charge on any atom is -0.632 e. The van der Waals surface area contributed by atoms with Gasteiger partial charge < -0.3 is 14.6 Å². The Morgan fingerprint density at radius 1 is 1.44 bits per heavy atom. The first-order valence-electron chi connectivity index (χ1n) is 6.27. The monoisotopic (exact) mass is 226 g/mol. The van der Waals surface area contributed by atoms with Crippen molar-refractivity contribution in [3.8, 4) is 6.07 Å². The molecule has 16 heavy (non-hydrogen) atoms. The second-order valence-corrected chi connectivity index (χ2v) is 4.52.